The first-order valence-electron chi connectivity index (χ1n) is 13.8. The predicted molar refractivity (Wildman–Crippen MR) is 153 cm³/mol. The smallest absolute Gasteiger partial charge is 0.338 e. The van der Waals surface area contributed by atoms with Crippen LogP contribution in [-0.2, 0) is 18.0 Å². The second kappa shape index (κ2) is 16.2. The molecule has 4 heteroatoms. The third-order valence-electron chi connectivity index (χ3n) is 6.36. The third-order valence-corrected chi connectivity index (χ3v) is 6.36. The number of hydrogen-bond donors (Lipinski definition) is 0. The van der Waals surface area contributed by atoms with Crippen molar-refractivity contribution in [3.05, 3.63) is 95.1 Å². The highest BCUT2D eigenvalue weighted by molar-refractivity contribution is 5.89. The lowest BCUT2D eigenvalue weighted by Crippen LogP contribution is -2.11. The van der Waals surface area contributed by atoms with E-state index in [0.29, 0.717) is 37.1 Å². The molecule has 0 heterocycles. The Hall–Kier alpha value is -3.71. The van der Waals surface area contributed by atoms with Crippen LogP contribution in [0, 0.1) is 17.8 Å². The molecule has 4 nitrogen and oxygen atoms in total. The van der Waals surface area contributed by atoms with E-state index >= 15 is 0 Å². The van der Waals surface area contributed by atoms with Gasteiger partial charge in [-0.25, -0.2) is 4.79 Å². The molecule has 1 unspecified atom stereocenters. The van der Waals surface area contributed by atoms with Gasteiger partial charge in [0.05, 0.1) is 12.2 Å². The zero-order valence-corrected chi connectivity index (χ0v) is 23.0. The summed E-state index contributed by atoms with van der Waals surface area (Å²) in [7, 11) is 0. The fraction of sp³-hybridized carbons (Fsp3) is 0.382. The van der Waals surface area contributed by atoms with Gasteiger partial charge in [0, 0.05) is 12.0 Å². The molecule has 3 aromatic carbocycles. The molecular weight excluding hydrogens is 472 g/mol. The second-order valence-electron chi connectivity index (χ2n) is 9.67. The molecule has 0 spiro atoms. The lowest BCUT2D eigenvalue weighted by atomic mass is 10.1. The molecule has 0 amide bonds. The van der Waals surface area contributed by atoms with Gasteiger partial charge in [-0.3, -0.25) is 0 Å². The standard InChI is InChI=1S/C34H40O4/c1-4-6-7-8-9-10-11-28-12-14-29(15-13-28)25-36-32-20-16-30(17-21-32)26-37-33-22-18-31(19-23-33)34(35)38-24-27(3)5-2/h12-23,27H,4-9,24-26H2,1-3H3. The van der Waals surface area contributed by atoms with E-state index in [9.17, 15) is 4.79 Å². The van der Waals surface area contributed by atoms with Crippen molar-refractivity contribution < 1.29 is 19.0 Å². The van der Waals surface area contributed by atoms with Gasteiger partial charge in [-0.05, 0) is 72.0 Å². The van der Waals surface area contributed by atoms with Crippen LogP contribution in [-0.4, -0.2) is 12.6 Å². The van der Waals surface area contributed by atoms with Crippen LogP contribution in [0.25, 0.3) is 0 Å². The Bertz CT molecular complexity index is 1150. The van der Waals surface area contributed by atoms with Gasteiger partial charge in [0.1, 0.15) is 24.7 Å². The monoisotopic (exact) mass is 512 g/mol. The van der Waals surface area contributed by atoms with Crippen LogP contribution >= 0.6 is 0 Å². The van der Waals surface area contributed by atoms with Crippen molar-refractivity contribution in [3.63, 3.8) is 0 Å². The fourth-order valence-electron chi connectivity index (χ4n) is 3.61. The van der Waals surface area contributed by atoms with E-state index < -0.39 is 0 Å². The average Bonchev–Trinajstić information content (AvgIpc) is 2.96. The number of esters is 1. The van der Waals surface area contributed by atoms with Gasteiger partial charge in [0.25, 0.3) is 0 Å². The highest BCUT2D eigenvalue weighted by atomic mass is 16.5. The zero-order valence-electron chi connectivity index (χ0n) is 23.0. The molecule has 0 aromatic heterocycles. The quantitative estimate of drug-likeness (QED) is 0.124. The maximum absolute atomic E-state index is 12.1. The van der Waals surface area contributed by atoms with Gasteiger partial charge in [-0.15, -0.1) is 0 Å². The van der Waals surface area contributed by atoms with Gasteiger partial charge in [0.2, 0.25) is 0 Å². The first-order valence-corrected chi connectivity index (χ1v) is 13.8. The molecule has 0 aliphatic heterocycles. The Morgan fingerprint density at radius 1 is 0.763 bits per heavy atom. The maximum Gasteiger partial charge on any atom is 0.338 e. The molecule has 0 aliphatic carbocycles. The number of carbonyl (C=O) groups excluding carboxylic acids is 1. The maximum atomic E-state index is 12.1. The number of benzene rings is 3. The molecule has 200 valence electrons. The SMILES string of the molecule is CCCCCCC#Cc1ccc(COc2ccc(COc3ccc(C(=O)OCC(C)CC)cc3)cc2)cc1. The highest BCUT2D eigenvalue weighted by Gasteiger charge is 2.09. The molecule has 1 atom stereocenters. The lowest BCUT2D eigenvalue weighted by Gasteiger charge is -2.11. The minimum atomic E-state index is -0.301. The minimum Gasteiger partial charge on any atom is -0.489 e. The molecule has 0 fully saturated rings. The molecule has 0 saturated heterocycles. The van der Waals surface area contributed by atoms with Crippen LogP contribution in [0.4, 0.5) is 0 Å². The Kier molecular flexibility index (Phi) is 12.3. The van der Waals surface area contributed by atoms with Gasteiger partial charge in [0.15, 0.2) is 0 Å². The van der Waals surface area contributed by atoms with Crippen molar-refractivity contribution in [3.8, 4) is 23.3 Å². The van der Waals surface area contributed by atoms with Crippen molar-refractivity contribution in [2.75, 3.05) is 6.61 Å². The average molecular weight is 513 g/mol. The lowest BCUT2D eigenvalue weighted by molar-refractivity contribution is 0.0447. The van der Waals surface area contributed by atoms with Crippen molar-refractivity contribution in [1.29, 1.82) is 0 Å². The van der Waals surface area contributed by atoms with Gasteiger partial charge in [-0.1, -0.05) is 82.6 Å². The van der Waals surface area contributed by atoms with Gasteiger partial charge < -0.3 is 14.2 Å². The summed E-state index contributed by atoms with van der Waals surface area (Å²) in [6.07, 6.45) is 6.94. The Labute approximate surface area is 228 Å². The van der Waals surface area contributed by atoms with Crippen molar-refractivity contribution in [1.82, 2.24) is 0 Å². The van der Waals surface area contributed by atoms with Crippen molar-refractivity contribution in [2.24, 2.45) is 5.92 Å². The van der Waals surface area contributed by atoms with E-state index in [2.05, 4.69) is 56.9 Å². The van der Waals surface area contributed by atoms with Crippen LogP contribution in [0.1, 0.15) is 86.3 Å². The summed E-state index contributed by atoms with van der Waals surface area (Å²) in [5, 5.41) is 0. The molecule has 0 bridgehead atoms. The first-order chi connectivity index (χ1) is 18.6. The summed E-state index contributed by atoms with van der Waals surface area (Å²) in [6, 6.07) is 23.2. The van der Waals surface area contributed by atoms with Crippen LogP contribution in [0.5, 0.6) is 11.5 Å². The van der Waals surface area contributed by atoms with E-state index in [1.54, 1.807) is 24.3 Å². The molecule has 3 rings (SSSR count). The van der Waals surface area contributed by atoms with Crippen molar-refractivity contribution >= 4 is 5.97 Å². The summed E-state index contributed by atoms with van der Waals surface area (Å²) in [6.45, 7) is 7.74. The molecule has 0 aliphatic rings. The molecule has 0 saturated carbocycles. The Balaban J connectivity index is 1.39. The largest absolute Gasteiger partial charge is 0.489 e. The Morgan fingerprint density at radius 2 is 1.34 bits per heavy atom. The number of carbonyl (C=O) groups is 1. The zero-order chi connectivity index (χ0) is 27.0. The topological polar surface area (TPSA) is 44.8 Å². The second-order valence-corrected chi connectivity index (χ2v) is 9.67. The predicted octanol–water partition coefficient (Wildman–Crippen LogP) is 8.37. The van der Waals surface area contributed by atoms with E-state index in [1.165, 1.54) is 25.7 Å². The molecule has 0 N–H and O–H groups in total. The van der Waals surface area contributed by atoms with E-state index in [4.69, 9.17) is 14.2 Å². The van der Waals surface area contributed by atoms with Gasteiger partial charge >= 0.3 is 5.97 Å². The number of ether oxygens (including phenoxy) is 3. The highest BCUT2D eigenvalue weighted by Crippen LogP contribution is 2.18. The first kappa shape index (κ1) is 28.9. The summed E-state index contributed by atoms with van der Waals surface area (Å²) in [5.74, 6) is 8.09. The number of unbranched alkanes of at least 4 members (excludes halogenated alkanes) is 4. The van der Waals surface area contributed by atoms with E-state index in [1.807, 2.05) is 24.3 Å². The van der Waals surface area contributed by atoms with Crippen LogP contribution in [0.15, 0.2) is 72.8 Å². The normalized spacial score (nSPS) is 11.2. The molecule has 3 aromatic rings. The summed E-state index contributed by atoms with van der Waals surface area (Å²) in [4.78, 5) is 12.1. The van der Waals surface area contributed by atoms with Crippen LogP contribution in [0.3, 0.4) is 0 Å². The van der Waals surface area contributed by atoms with Crippen LogP contribution < -0.4 is 9.47 Å². The van der Waals surface area contributed by atoms with E-state index in [-0.39, 0.29) is 5.97 Å². The molecular formula is C34H40O4. The Morgan fingerprint density at radius 3 is 1.92 bits per heavy atom. The number of rotatable bonds is 14. The van der Waals surface area contributed by atoms with Crippen LogP contribution in [0.2, 0.25) is 0 Å². The number of hydrogen-bond acceptors (Lipinski definition) is 4. The fourth-order valence-corrected chi connectivity index (χ4v) is 3.61. The summed E-state index contributed by atoms with van der Waals surface area (Å²) >= 11 is 0. The van der Waals surface area contributed by atoms with Gasteiger partial charge in [-0.2, -0.15) is 0 Å². The minimum absolute atomic E-state index is 0.301. The third kappa shape index (κ3) is 10.3. The molecule has 38 heavy (non-hydrogen) atoms. The van der Waals surface area contributed by atoms with Crippen molar-refractivity contribution in [2.45, 2.75) is 72.5 Å². The molecule has 0 radical (unpaired) electrons. The van der Waals surface area contributed by atoms with E-state index in [0.717, 1.165) is 35.3 Å². The summed E-state index contributed by atoms with van der Waals surface area (Å²) in [5.41, 5.74) is 3.72. The summed E-state index contributed by atoms with van der Waals surface area (Å²) < 4.78 is 17.2.